The molecule has 1 unspecified atom stereocenters. The molecule has 0 aliphatic rings. The van der Waals surface area contributed by atoms with Crippen LogP contribution >= 0.6 is 0 Å². The lowest BCUT2D eigenvalue weighted by Crippen LogP contribution is -2.24. The molecule has 98 valence electrons. The first kappa shape index (κ1) is 12.9. The van der Waals surface area contributed by atoms with E-state index in [0.29, 0.717) is 0 Å². The Bertz CT molecular complexity index is 487. The molecule has 2 rings (SSSR count). The molecule has 0 spiro atoms. The number of furan rings is 1. The highest BCUT2D eigenvalue weighted by molar-refractivity contribution is 5.29. The largest absolute Gasteiger partial charge is 0.469 e. The van der Waals surface area contributed by atoms with Crippen molar-refractivity contribution >= 4 is 0 Å². The minimum atomic E-state index is 0.125. The molecule has 0 saturated heterocycles. The Hall–Kier alpha value is -1.55. The molecule has 4 nitrogen and oxygen atoms in total. The van der Waals surface area contributed by atoms with E-state index in [2.05, 4.69) is 30.3 Å². The van der Waals surface area contributed by atoms with Crippen LogP contribution in [0.25, 0.3) is 0 Å². The molecule has 0 aliphatic heterocycles. The molecule has 4 heteroatoms. The molecular formula is C14H21N3O. The van der Waals surface area contributed by atoms with Crippen LogP contribution in [0.4, 0.5) is 0 Å². The molecule has 0 saturated carbocycles. The Morgan fingerprint density at radius 1 is 1.39 bits per heavy atom. The van der Waals surface area contributed by atoms with Gasteiger partial charge >= 0.3 is 0 Å². The molecule has 18 heavy (non-hydrogen) atoms. The van der Waals surface area contributed by atoms with E-state index in [1.165, 1.54) is 5.56 Å². The van der Waals surface area contributed by atoms with Gasteiger partial charge in [0.25, 0.3) is 0 Å². The maximum Gasteiger partial charge on any atom is 0.108 e. The summed E-state index contributed by atoms with van der Waals surface area (Å²) in [6, 6.07) is 4.22. The number of aryl methyl sites for hydroxylation is 2. The van der Waals surface area contributed by atoms with Crippen molar-refractivity contribution in [3.8, 4) is 0 Å². The van der Waals surface area contributed by atoms with Gasteiger partial charge in [-0.05, 0) is 25.1 Å². The minimum absolute atomic E-state index is 0.125. The van der Waals surface area contributed by atoms with E-state index in [0.717, 1.165) is 30.8 Å². The Morgan fingerprint density at radius 2 is 2.22 bits per heavy atom. The van der Waals surface area contributed by atoms with Crippen LogP contribution in [0, 0.1) is 0 Å². The van der Waals surface area contributed by atoms with E-state index in [1.54, 1.807) is 6.26 Å². The van der Waals surface area contributed by atoms with Gasteiger partial charge in [0.1, 0.15) is 5.76 Å². The van der Waals surface area contributed by atoms with Gasteiger partial charge in [-0.2, -0.15) is 5.10 Å². The number of nitrogens with zero attached hydrogens (tertiary/aromatic N) is 2. The number of hydrogen-bond donors (Lipinski definition) is 1. The highest BCUT2D eigenvalue weighted by Crippen LogP contribution is 2.25. The SMILES string of the molecule is CCCNC(c1ccn(C)n1)c1ccoc1CC. The molecule has 1 atom stereocenters. The molecule has 0 aromatic carbocycles. The first-order valence-electron chi connectivity index (χ1n) is 6.55. The zero-order valence-corrected chi connectivity index (χ0v) is 11.3. The fourth-order valence-electron chi connectivity index (χ4n) is 2.14. The Balaban J connectivity index is 2.30. The van der Waals surface area contributed by atoms with Crippen LogP contribution in [-0.4, -0.2) is 16.3 Å². The quantitative estimate of drug-likeness (QED) is 0.853. The summed E-state index contributed by atoms with van der Waals surface area (Å²) in [6.07, 6.45) is 5.74. The van der Waals surface area contributed by atoms with Crippen LogP contribution in [0.2, 0.25) is 0 Å². The monoisotopic (exact) mass is 247 g/mol. The fraction of sp³-hybridized carbons (Fsp3) is 0.500. The predicted molar refractivity (Wildman–Crippen MR) is 71.4 cm³/mol. The molecule has 2 aromatic rings. The van der Waals surface area contributed by atoms with Gasteiger partial charge in [0.2, 0.25) is 0 Å². The lowest BCUT2D eigenvalue weighted by atomic mass is 10.0. The Morgan fingerprint density at radius 3 is 2.83 bits per heavy atom. The molecule has 0 radical (unpaired) electrons. The van der Waals surface area contributed by atoms with Crippen molar-refractivity contribution in [1.29, 1.82) is 0 Å². The highest BCUT2D eigenvalue weighted by atomic mass is 16.3. The molecule has 0 amide bonds. The van der Waals surface area contributed by atoms with Crippen LogP contribution in [0.3, 0.4) is 0 Å². The van der Waals surface area contributed by atoms with Crippen molar-refractivity contribution in [3.05, 3.63) is 41.6 Å². The van der Waals surface area contributed by atoms with E-state index in [9.17, 15) is 0 Å². The summed E-state index contributed by atoms with van der Waals surface area (Å²) in [7, 11) is 1.94. The van der Waals surface area contributed by atoms with E-state index in [1.807, 2.05) is 24.0 Å². The van der Waals surface area contributed by atoms with Gasteiger partial charge < -0.3 is 9.73 Å². The third kappa shape index (κ3) is 2.64. The van der Waals surface area contributed by atoms with Crippen molar-refractivity contribution in [2.75, 3.05) is 6.54 Å². The standard InChI is InChI=1S/C14H21N3O/c1-4-8-15-14(12-6-9-17(3)16-12)11-7-10-18-13(11)5-2/h6-7,9-10,14-15H,4-5,8H2,1-3H3. The highest BCUT2D eigenvalue weighted by Gasteiger charge is 2.20. The summed E-state index contributed by atoms with van der Waals surface area (Å²) in [5, 5.41) is 8.05. The van der Waals surface area contributed by atoms with Gasteiger partial charge in [-0.3, -0.25) is 4.68 Å². The van der Waals surface area contributed by atoms with Crippen molar-refractivity contribution in [2.45, 2.75) is 32.7 Å². The van der Waals surface area contributed by atoms with Crippen LogP contribution in [0.5, 0.6) is 0 Å². The normalized spacial score (nSPS) is 12.8. The lowest BCUT2D eigenvalue weighted by molar-refractivity contribution is 0.497. The smallest absolute Gasteiger partial charge is 0.108 e. The van der Waals surface area contributed by atoms with Crippen LogP contribution < -0.4 is 5.32 Å². The van der Waals surface area contributed by atoms with E-state index in [-0.39, 0.29) is 6.04 Å². The lowest BCUT2D eigenvalue weighted by Gasteiger charge is -2.16. The molecule has 0 aliphatic carbocycles. The van der Waals surface area contributed by atoms with Crippen molar-refractivity contribution in [3.63, 3.8) is 0 Å². The topological polar surface area (TPSA) is 43.0 Å². The van der Waals surface area contributed by atoms with Crippen LogP contribution in [-0.2, 0) is 13.5 Å². The van der Waals surface area contributed by atoms with Gasteiger partial charge in [-0.1, -0.05) is 13.8 Å². The first-order chi connectivity index (χ1) is 8.76. The van der Waals surface area contributed by atoms with Gasteiger partial charge in [0, 0.05) is 25.2 Å². The van der Waals surface area contributed by atoms with E-state index < -0.39 is 0 Å². The molecule has 0 bridgehead atoms. The Kier molecular flexibility index (Phi) is 4.20. The summed E-state index contributed by atoms with van der Waals surface area (Å²) in [6.45, 7) is 5.24. The maximum absolute atomic E-state index is 5.53. The number of aromatic nitrogens is 2. The summed E-state index contributed by atoms with van der Waals surface area (Å²) >= 11 is 0. The minimum Gasteiger partial charge on any atom is -0.469 e. The third-order valence-corrected chi connectivity index (χ3v) is 3.04. The third-order valence-electron chi connectivity index (χ3n) is 3.04. The maximum atomic E-state index is 5.53. The molecular weight excluding hydrogens is 226 g/mol. The second-order valence-electron chi connectivity index (χ2n) is 4.45. The average Bonchev–Trinajstić information content (AvgIpc) is 2.99. The molecule has 1 N–H and O–H groups in total. The van der Waals surface area contributed by atoms with E-state index in [4.69, 9.17) is 4.42 Å². The number of nitrogens with one attached hydrogen (secondary N) is 1. The number of rotatable bonds is 6. The Labute approximate surface area is 108 Å². The van der Waals surface area contributed by atoms with Crippen molar-refractivity contribution < 1.29 is 4.42 Å². The molecule has 0 fully saturated rings. The van der Waals surface area contributed by atoms with Gasteiger partial charge in [0.15, 0.2) is 0 Å². The van der Waals surface area contributed by atoms with Gasteiger partial charge in [-0.25, -0.2) is 0 Å². The number of hydrogen-bond acceptors (Lipinski definition) is 3. The zero-order chi connectivity index (χ0) is 13.0. The summed E-state index contributed by atoms with van der Waals surface area (Å²) in [5.74, 6) is 1.04. The summed E-state index contributed by atoms with van der Waals surface area (Å²) in [4.78, 5) is 0. The van der Waals surface area contributed by atoms with E-state index >= 15 is 0 Å². The molecule has 2 aromatic heterocycles. The van der Waals surface area contributed by atoms with Crippen molar-refractivity contribution in [2.24, 2.45) is 7.05 Å². The summed E-state index contributed by atoms with van der Waals surface area (Å²) < 4.78 is 7.36. The van der Waals surface area contributed by atoms with Gasteiger partial charge in [0.05, 0.1) is 18.0 Å². The first-order valence-corrected chi connectivity index (χ1v) is 6.55. The predicted octanol–water partition coefficient (Wildman–Crippen LogP) is 2.66. The van der Waals surface area contributed by atoms with Gasteiger partial charge in [-0.15, -0.1) is 0 Å². The average molecular weight is 247 g/mol. The second kappa shape index (κ2) is 5.87. The van der Waals surface area contributed by atoms with Crippen LogP contribution in [0.15, 0.2) is 29.0 Å². The van der Waals surface area contributed by atoms with Crippen molar-refractivity contribution in [1.82, 2.24) is 15.1 Å². The van der Waals surface area contributed by atoms with Crippen LogP contribution in [0.1, 0.15) is 43.3 Å². The zero-order valence-electron chi connectivity index (χ0n) is 11.3. The molecule has 2 heterocycles. The fourth-order valence-corrected chi connectivity index (χ4v) is 2.14. The summed E-state index contributed by atoms with van der Waals surface area (Å²) in [5.41, 5.74) is 2.24. The second-order valence-corrected chi connectivity index (χ2v) is 4.45.